The molecule has 1 aliphatic rings. The first-order valence-corrected chi connectivity index (χ1v) is 8.18. The number of amides is 1. The second-order valence-corrected chi connectivity index (χ2v) is 5.87. The van der Waals surface area contributed by atoms with E-state index < -0.39 is 0 Å². The van der Waals surface area contributed by atoms with Crippen LogP contribution in [0.5, 0.6) is 11.5 Å². The van der Waals surface area contributed by atoms with Crippen LogP contribution >= 0.6 is 0 Å². The van der Waals surface area contributed by atoms with Crippen molar-refractivity contribution in [3.8, 4) is 11.5 Å². The molecule has 0 radical (unpaired) electrons. The molecule has 1 saturated carbocycles. The fourth-order valence-corrected chi connectivity index (χ4v) is 2.48. The van der Waals surface area contributed by atoms with Crippen LogP contribution in [0.15, 0.2) is 36.7 Å². The van der Waals surface area contributed by atoms with Crippen molar-refractivity contribution in [2.75, 3.05) is 14.2 Å². The Hall–Kier alpha value is -2.89. The summed E-state index contributed by atoms with van der Waals surface area (Å²) >= 11 is 0. The third-order valence-corrected chi connectivity index (χ3v) is 4.02. The SMILES string of the molecule is COc1ccc(C=CC(=O)NCc2cc(C3CC3)ncn2)cc1OC. The van der Waals surface area contributed by atoms with Crippen LogP contribution in [0.2, 0.25) is 0 Å². The second-order valence-electron chi connectivity index (χ2n) is 5.87. The van der Waals surface area contributed by atoms with Crippen molar-refractivity contribution in [3.63, 3.8) is 0 Å². The van der Waals surface area contributed by atoms with Gasteiger partial charge in [-0.25, -0.2) is 9.97 Å². The number of nitrogens with one attached hydrogen (secondary N) is 1. The average Bonchev–Trinajstić information content (AvgIpc) is 3.50. The molecule has 3 rings (SSSR count). The Kier molecular flexibility index (Phi) is 5.28. The van der Waals surface area contributed by atoms with Crippen molar-refractivity contribution in [1.29, 1.82) is 0 Å². The van der Waals surface area contributed by atoms with E-state index in [1.807, 2.05) is 18.2 Å². The summed E-state index contributed by atoms with van der Waals surface area (Å²) in [6, 6.07) is 7.44. The maximum Gasteiger partial charge on any atom is 0.244 e. The van der Waals surface area contributed by atoms with E-state index in [4.69, 9.17) is 9.47 Å². The number of benzene rings is 1. The molecule has 1 fully saturated rings. The van der Waals surface area contributed by atoms with E-state index in [0.717, 1.165) is 17.0 Å². The van der Waals surface area contributed by atoms with E-state index >= 15 is 0 Å². The molecule has 0 saturated heterocycles. The highest BCUT2D eigenvalue weighted by Gasteiger charge is 2.25. The van der Waals surface area contributed by atoms with Gasteiger partial charge in [0.25, 0.3) is 0 Å². The molecule has 0 bridgehead atoms. The standard InChI is InChI=1S/C19H21N3O3/c1-24-17-7-3-13(9-18(17)25-2)4-8-19(23)20-11-15-10-16(14-5-6-14)22-12-21-15/h3-4,7-10,12,14H,5-6,11H2,1-2H3,(H,20,23). The van der Waals surface area contributed by atoms with Crippen LogP contribution in [0.1, 0.15) is 35.7 Å². The highest BCUT2D eigenvalue weighted by atomic mass is 16.5. The van der Waals surface area contributed by atoms with Crippen molar-refractivity contribution < 1.29 is 14.3 Å². The molecule has 25 heavy (non-hydrogen) atoms. The number of carbonyl (C=O) groups excluding carboxylic acids is 1. The van der Waals surface area contributed by atoms with E-state index in [1.54, 1.807) is 32.7 Å². The maximum absolute atomic E-state index is 12.0. The van der Waals surface area contributed by atoms with Gasteiger partial charge < -0.3 is 14.8 Å². The highest BCUT2D eigenvalue weighted by molar-refractivity contribution is 5.91. The number of carbonyl (C=O) groups is 1. The number of methoxy groups -OCH3 is 2. The molecule has 130 valence electrons. The van der Waals surface area contributed by atoms with Crippen molar-refractivity contribution in [1.82, 2.24) is 15.3 Å². The van der Waals surface area contributed by atoms with Gasteiger partial charge >= 0.3 is 0 Å². The van der Waals surface area contributed by atoms with Crippen molar-refractivity contribution >= 4 is 12.0 Å². The fraction of sp³-hybridized carbons (Fsp3) is 0.316. The predicted molar refractivity (Wildman–Crippen MR) is 94.4 cm³/mol. The van der Waals surface area contributed by atoms with Gasteiger partial charge in [0.1, 0.15) is 6.33 Å². The minimum absolute atomic E-state index is 0.179. The normalized spacial score (nSPS) is 13.7. The number of rotatable bonds is 7. The zero-order chi connectivity index (χ0) is 17.6. The Balaban J connectivity index is 1.57. The van der Waals surface area contributed by atoms with Crippen LogP contribution in [0.3, 0.4) is 0 Å². The summed E-state index contributed by atoms with van der Waals surface area (Å²) in [5.41, 5.74) is 2.75. The summed E-state index contributed by atoms with van der Waals surface area (Å²) < 4.78 is 10.4. The summed E-state index contributed by atoms with van der Waals surface area (Å²) in [4.78, 5) is 20.5. The van der Waals surface area contributed by atoms with E-state index in [-0.39, 0.29) is 5.91 Å². The topological polar surface area (TPSA) is 73.3 Å². The van der Waals surface area contributed by atoms with E-state index in [0.29, 0.717) is 24.0 Å². The fourth-order valence-electron chi connectivity index (χ4n) is 2.48. The first-order valence-electron chi connectivity index (χ1n) is 8.18. The molecule has 0 atom stereocenters. The number of aromatic nitrogens is 2. The van der Waals surface area contributed by atoms with Gasteiger partial charge in [-0.2, -0.15) is 0 Å². The minimum atomic E-state index is -0.179. The average molecular weight is 339 g/mol. The van der Waals surface area contributed by atoms with E-state index in [2.05, 4.69) is 15.3 Å². The molecule has 1 aromatic carbocycles. The second kappa shape index (κ2) is 7.79. The Bertz CT molecular complexity index is 785. The van der Waals surface area contributed by atoms with Gasteiger partial charge in [0.15, 0.2) is 11.5 Å². The lowest BCUT2D eigenvalue weighted by Crippen LogP contribution is -2.21. The van der Waals surface area contributed by atoms with E-state index in [9.17, 15) is 4.79 Å². The third-order valence-electron chi connectivity index (χ3n) is 4.02. The summed E-state index contributed by atoms with van der Waals surface area (Å²) in [6.45, 7) is 0.386. The first-order chi connectivity index (χ1) is 12.2. The van der Waals surface area contributed by atoms with Gasteiger partial charge in [0, 0.05) is 17.7 Å². The minimum Gasteiger partial charge on any atom is -0.493 e. The molecular weight excluding hydrogens is 318 g/mol. The van der Waals surface area contributed by atoms with Gasteiger partial charge in [0.2, 0.25) is 5.91 Å². The lowest BCUT2D eigenvalue weighted by atomic mass is 10.2. The van der Waals surface area contributed by atoms with Gasteiger partial charge in [-0.3, -0.25) is 4.79 Å². The van der Waals surface area contributed by atoms with Crippen molar-refractivity contribution in [2.24, 2.45) is 0 Å². The summed E-state index contributed by atoms with van der Waals surface area (Å²) in [5, 5.41) is 2.83. The summed E-state index contributed by atoms with van der Waals surface area (Å²) in [6.07, 6.45) is 7.17. The van der Waals surface area contributed by atoms with Crippen LogP contribution in [-0.4, -0.2) is 30.1 Å². The molecule has 1 aromatic heterocycles. The molecule has 6 heteroatoms. The molecule has 2 aromatic rings. The van der Waals surface area contributed by atoms with Crippen LogP contribution in [-0.2, 0) is 11.3 Å². The molecule has 1 aliphatic carbocycles. The smallest absolute Gasteiger partial charge is 0.244 e. The van der Waals surface area contributed by atoms with Gasteiger partial charge in [-0.05, 0) is 42.7 Å². The summed E-state index contributed by atoms with van der Waals surface area (Å²) in [7, 11) is 3.16. The highest BCUT2D eigenvalue weighted by Crippen LogP contribution is 2.38. The molecule has 0 aliphatic heterocycles. The van der Waals surface area contributed by atoms with Crippen LogP contribution < -0.4 is 14.8 Å². The quantitative estimate of drug-likeness (QED) is 0.785. The molecule has 1 heterocycles. The Morgan fingerprint density at radius 1 is 1.20 bits per heavy atom. The first kappa shape index (κ1) is 17.0. The molecule has 1 N–H and O–H groups in total. The zero-order valence-electron chi connectivity index (χ0n) is 14.4. The van der Waals surface area contributed by atoms with E-state index in [1.165, 1.54) is 18.9 Å². The lowest BCUT2D eigenvalue weighted by Gasteiger charge is -2.07. The van der Waals surface area contributed by atoms with Gasteiger partial charge in [-0.1, -0.05) is 6.07 Å². The lowest BCUT2D eigenvalue weighted by molar-refractivity contribution is -0.116. The molecule has 1 amide bonds. The number of hydrogen-bond acceptors (Lipinski definition) is 5. The number of hydrogen-bond donors (Lipinski definition) is 1. The monoisotopic (exact) mass is 339 g/mol. The van der Waals surface area contributed by atoms with Crippen LogP contribution in [0.4, 0.5) is 0 Å². The number of nitrogens with zero attached hydrogens (tertiary/aromatic N) is 2. The third kappa shape index (κ3) is 4.56. The Labute approximate surface area is 146 Å². The molecule has 0 unspecified atom stereocenters. The van der Waals surface area contributed by atoms with Crippen molar-refractivity contribution in [2.45, 2.75) is 25.3 Å². The van der Waals surface area contributed by atoms with Gasteiger partial charge in [-0.15, -0.1) is 0 Å². The maximum atomic E-state index is 12.0. The Morgan fingerprint density at radius 2 is 2.00 bits per heavy atom. The van der Waals surface area contributed by atoms with Crippen molar-refractivity contribution in [3.05, 3.63) is 53.6 Å². The zero-order valence-corrected chi connectivity index (χ0v) is 14.4. The van der Waals surface area contributed by atoms with Crippen LogP contribution in [0.25, 0.3) is 6.08 Å². The number of ether oxygens (including phenoxy) is 2. The molecule has 0 spiro atoms. The predicted octanol–water partition coefficient (Wildman–Crippen LogP) is 2.70. The largest absolute Gasteiger partial charge is 0.493 e. The Morgan fingerprint density at radius 3 is 2.72 bits per heavy atom. The van der Waals surface area contributed by atoms with Crippen LogP contribution in [0, 0.1) is 0 Å². The summed E-state index contributed by atoms with van der Waals surface area (Å²) in [5.74, 6) is 1.67. The van der Waals surface area contributed by atoms with Gasteiger partial charge in [0.05, 0.1) is 26.5 Å². The molecular formula is C19H21N3O3. The molecule has 6 nitrogen and oxygen atoms in total.